The first-order valence-electron chi connectivity index (χ1n) is 10.0. The molecule has 0 spiro atoms. The average molecular weight is 492 g/mol. The van der Waals surface area contributed by atoms with Crippen molar-refractivity contribution in [3.8, 4) is 0 Å². The molecule has 12 heteroatoms. The number of hydrogen-bond acceptors (Lipinski definition) is 4. The van der Waals surface area contributed by atoms with Crippen LogP contribution in [-0.4, -0.2) is 49.1 Å². The third kappa shape index (κ3) is 5.50. The molecule has 0 aromatic heterocycles. The summed E-state index contributed by atoms with van der Waals surface area (Å²) < 4.78 is 94.9. The topological polar surface area (TPSA) is 86.7 Å². The summed E-state index contributed by atoms with van der Waals surface area (Å²) in [6.45, 7) is -1.90. The SMILES string of the molecule is O=C(Nc1cc(F)c(F)c(F)c1)c1ccc(CF)c(S(=O)(=O)N2CCCCC(O)C(F)C2)c1. The monoisotopic (exact) mass is 492 g/mol. The third-order valence-electron chi connectivity index (χ3n) is 5.29. The summed E-state index contributed by atoms with van der Waals surface area (Å²) in [6, 6.07) is 4.11. The smallest absolute Gasteiger partial charge is 0.255 e. The van der Waals surface area contributed by atoms with Crippen molar-refractivity contribution in [1.29, 1.82) is 0 Å². The minimum Gasteiger partial charge on any atom is -0.390 e. The first-order valence-corrected chi connectivity index (χ1v) is 11.5. The third-order valence-corrected chi connectivity index (χ3v) is 7.23. The molecule has 1 aliphatic heterocycles. The zero-order chi connectivity index (χ0) is 24.3. The molecule has 2 aromatic rings. The van der Waals surface area contributed by atoms with Crippen molar-refractivity contribution < 1.29 is 40.3 Å². The fourth-order valence-electron chi connectivity index (χ4n) is 3.46. The van der Waals surface area contributed by atoms with Crippen molar-refractivity contribution >= 4 is 21.6 Å². The van der Waals surface area contributed by atoms with Crippen LogP contribution in [0.4, 0.5) is 27.6 Å². The number of rotatable bonds is 5. The fourth-order valence-corrected chi connectivity index (χ4v) is 5.18. The first kappa shape index (κ1) is 25.1. The fraction of sp³-hybridized carbons (Fsp3) is 0.381. The predicted octanol–water partition coefficient (Wildman–Crippen LogP) is 3.70. The second-order valence-corrected chi connectivity index (χ2v) is 9.51. The van der Waals surface area contributed by atoms with Gasteiger partial charge in [0, 0.05) is 42.0 Å². The Morgan fingerprint density at radius 1 is 1.12 bits per heavy atom. The molecule has 1 saturated heterocycles. The van der Waals surface area contributed by atoms with E-state index in [1.807, 2.05) is 0 Å². The Hall–Kier alpha value is -2.57. The molecular formula is C21H21F5N2O4S. The summed E-state index contributed by atoms with van der Waals surface area (Å²) in [5.74, 6) is -5.80. The standard InChI is InChI=1S/C21H21F5N2O4S/c22-10-13-5-4-12(21(30)27-14-8-15(23)20(26)16(24)9-14)7-19(13)33(31,32)28-6-2-1-3-18(29)17(25)11-28/h4-5,7-9,17-18,29H,1-3,6,10-11H2,(H,27,30). The van der Waals surface area contributed by atoms with Crippen molar-refractivity contribution in [2.24, 2.45) is 0 Å². The van der Waals surface area contributed by atoms with Gasteiger partial charge in [-0.3, -0.25) is 4.79 Å². The van der Waals surface area contributed by atoms with Crippen LogP contribution in [0.2, 0.25) is 0 Å². The number of carbonyl (C=O) groups excluding carboxylic acids is 1. The Labute approximate surface area is 187 Å². The zero-order valence-corrected chi connectivity index (χ0v) is 18.0. The van der Waals surface area contributed by atoms with Crippen molar-refractivity contribution in [2.75, 3.05) is 18.4 Å². The summed E-state index contributed by atoms with van der Waals surface area (Å²) in [7, 11) is -4.46. The van der Waals surface area contributed by atoms with Crippen LogP contribution in [0.25, 0.3) is 0 Å². The quantitative estimate of drug-likeness (QED) is 0.492. The van der Waals surface area contributed by atoms with E-state index in [-0.39, 0.29) is 24.1 Å². The maximum atomic E-state index is 14.3. The molecule has 2 unspecified atom stereocenters. The van der Waals surface area contributed by atoms with Crippen LogP contribution in [0.3, 0.4) is 0 Å². The number of carbonyl (C=O) groups is 1. The minimum absolute atomic E-state index is 0.0637. The largest absolute Gasteiger partial charge is 0.390 e. The maximum absolute atomic E-state index is 14.3. The lowest BCUT2D eigenvalue weighted by Crippen LogP contribution is -2.42. The average Bonchev–Trinajstić information content (AvgIpc) is 2.77. The van der Waals surface area contributed by atoms with E-state index in [4.69, 9.17) is 0 Å². The van der Waals surface area contributed by atoms with E-state index in [0.717, 1.165) is 22.5 Å². The van der Waals surface area contributed by atoms with E-state index in [0.29, 0.717) is 25.0 Å². The number of halogens is 5. The molecule has 3 rings (SSSR count). The van der Waals surface area contributed by atoms with E-state index >= 15 is 0 Å². The number of benzene rings is 2. The molecule has 0 bridgehead atoms. The highest BCUT2D eigenvalue weighted by molar-refractivity contribution is 7.89. The number of alkyl halides is 2. The lowest BCUT2D eigenvalue weighted by molar-refractivity contribution is 0.0498. The van der Waals surface area contributed by atoms with E-state index in [9.17, 15) is 40.3 Å². The summed E-state index contributed by atoms with van der Waals surface area (Å²) in [6.07, 6.45) is -2.27. The summed E-state index contributed by atoms with van der Waals surface area (Å²) >= 11 is 0. The number of aliphatic hydroxyl groups is 1. The second kappa shape index (κ2) is 10.1. The number of anilines is 1. The van der Waals surface area contributed by atoms with E-state index in [1.54, 1.807) is 0 Å². The molecule has 2 atom stereocenters. The van der Waals surface area contributed by atoms with Crippen molar-refractivity contribution in [3.05, 3.63) is 58.9 Å². The van der Waals surface area contributed by atoms with Gasteiger partial charge in [-0.1, -0.05) is 6.07 Å². The van der Waals surface area contributed by atoms with Gasteiger partial charge in [-0.05, 0) is 31.4 Å². The number of nitrogens with one attached hydrogen (secondary N) is 1. The predicted molar refractivity (Wildman–Crippen MR) is 109 cm³/mol. The van der Waals surface area contributed by atoms with Gasteiger partial charge in [0.1, 0.15) is 12.8 Å². The number of amides is 1. The number of hydrogen-bond donors (Lipinski definition) is 2. The molecule has 1 heterocycles. The lowest BCUT2D eigenvalue weighted by atomic mass is 10.1. The minimum atomic E-state index is -4.46. The van der Waals surface area contributed by atoms with E-state index < -0.39 is 69.5 Å². The van der Waals surface area contributed by atoms with Crippen LogP contribution in [0.15, 0.2) is 35.2 Å². The molecule has 1 aliphatic rings. The Morgan fingerprint density at radius 3 is 2.42 bits per heavy atom. The van der Waals surface area contributed by atoms with Crippen LogP contribution >= 0.6 is 0 Å². The summed E-state index contributed by atoms with van der Waals surface area (Å²) in [5, 5.41) is 11.9. The lowest BCUT2D eigenvalue weighted by Gasteiger charge is -2.29. The molecule has 2 N–H and O–H groups in total. The Morgan fingerprint density at radius 2 is 1.79 bits per heavy atom. The van der Waals surface area contributed by atoms with Gasteiger partial charge in [0.15, 0.2) is 17.5 Å². The number of aliphatic hydroxyl groups excluding tert-OH is 1. The van der Waals surface area contributed by atoms with Crippen molar-refractivity contribution in [2.45, 2.75) is 43.1 Å². The van der Waals surface area contributed by atoms with Crippen molar-refractivity contribution in [1.82, 2.24) is 4.31 Å². The van der Waals surface area contributed by atoms with E-state index in [1.165, 1.54) is 0 Å². The molecule has 33 heavy (non-hydrogen) atoms. The van der Waals surface area contributed by atoms with Gasteiger partial charge in [0.2, 0.25) is 10.0 Å². The normalized spacial score (nSPS) is 20.2. The molecule has 0 saturated carbocycles. The second-order valence-electron chi connectivity index (χ2n) is 7.61. The molecular weight excluding hydrogens is 471 g/mol. The van der Waals surface area contributed by atoms with Gasteiger partial charge in [0.25, 0.3) is 5.91 Å². The van der Waals surface area contributed by atoms with Crippen LogP contribution in [0.5, 0.6) is 0 Å². The van der Waals surface area contributed by atoms with Crippen LogP contribution in [-0.2, 0) is 16.7 Å². The molecule has 6 nitrogen and oxygen atoms in total. The number of nitrogens with zero attached hydrogens (tertiary/aromatic N) is 1. The highest BCUT2D eigenvalue weighted by Gasteiger charge is 2.33. The molecule has 1 fully saturated rings. The molecule has 2 aromatic carbocycles. The van der Waals surface area contributed by atoms with Gasteiger partial charge in [-0.2, -0.15) is 4.31 Å². The van der Waals surface area contributed by atoms with Gasteiger partial charge >= 0.3 is 0 Å². The van der Waals surface area contributed by atoms with Gasteiger partial charge in [-0.15, -0.1) is 0 Å². The van der Waals surface area contributed by atoms with Gasteiger partial charge < -0.3 is 10.4 Å². The van der Waals surface area contributed by atoms with Crippen LogP contribution in [0, 0.1) is 17.5 Å². The molecule has 0 aliphatic carbocycles. The Balaban J connectivity index is 1.93. The summed E-state index contributed by atoms with van der Waals surface area (Å²) in [5.41, 5.74) is -0.989. The summed E-state index contributed by atoms with van der Waals surface area (Å²) in [4.78, 5) is 12.0. The highest BCUT2D eigenvalue weighted by Crippen LogP contribution is 2.27. The molecule has 1 amide bonds. The first-order chi connectivity index (χ1) is 15.5. The van der Waals surface area contributed by atoms with Crippen LogP contribution < -0.4 is 5.32 Å². The maximum Gasteiger partial charge on any atom is 0.255 e. The highest BCUT2D eigenvalue weighted by atomic mass is 32.2. The Kier molecular flexibility index (Phi) is 7.70. The molecule has 0 radical (unpaired) electrons. The van der Waals surface area contributed by atoms with Gasteiger partial charge in [-0.25, -0.2) is 30.4 Å². The number of sulfonamides is 1. The van der Waals surface area contributed by atoms with E-state index in [2.05, 4.69) is 5.32 Å². The zero-order valence-electron chi connectivity index (χ0n) is 17.2. The van der Waals surface area contributed by atoms with Crippen LogP contribution in [0.1, 0.15) is 35.2 Å². The molecule has 180 valence electrons. The Bertz CT molecular complexity index is 1120. The van der Waals surface area contributed by atoms with Crippen molar-refractivity contribution in [3.63, 3.8) is 0 Å². The van der Waals surface area contributed by atoms with Gasteiger partial charge in [0.05, 0.1) is 11.0 Å².